The van der Waals surface area contributed by atoms with Crippen molar-refractivity contribution in [1.82, 2.24) is 20.4 Å². The summed E-state index contributed by atoms with van der Waals surface area (Å²) in [4.78, 5) is 30.9. The standard InChI is InChI=1S/2C35H46N2O5/c2*1-33(2,3)42-29(39)21-36-26-15-16-35(40-19-7-10-23-8-5-4-6-9-23)28-20-25-13-14-27(38)31-30(25)34(35,32(26)41-31)17-18-37(28)22-24-11-12-24/h2*4-6,8-9,13-14,24,26,28,32,36,38H,7,10-12,15-22H2,1-3H3/t26-,28?,32+,34+,35-;26-,28?,32-,34-,35+/m10/s1. The van der Waals surface area contributed by atoms with E-state index in [0.29, 0.717) is 24.7 Å². The van der Waals surface area contributed by atoms with Gasteiger partial charge in [-0.25, -0.2) is 0 Å². The fourth-order valence-electron chi connectivity index (χ4n) is 17.4. The highest BCUT2D eigenvalue weighted by Gasteiger charge is 2.76. The summed E-state index contributed by atoms with van der Waals surface area (Å²) < 4.78 is 39.5. The molecule has 0 radical (unpaired) electrons. The molecule has 4 aliphatic heterocycles. The molecule has 4 bridgehead atoms. The van der Waals surface area contributed by atoms with Crippen LogP contribution in [0.15, 0.2) is 84.9 Å². The lowest BCUT2D eigenvalue weighted by Gasteiger charge is -2.66. The van der Waals surface area contributed by atoms with Crippen LogP contribution in [0.3, 0.4) is 0 Å². The van der Waals surface area contributed by atoms with Gasteiger partial charge in [0.15, 0.2) is 23.0 Å². The van der Waals surface area contributed by atoms with Gasteiger partial charge < -0.3 is 49.3 Å². The normalized spacial score (nSPS) is 31.4. The summed E-state index contributed by atoms with van der Waals surface area (Å²) in [7, 11) is 0. The van der Waals surface area contributed by atoms with Crippen molar-refractivity contribution in [3.05, 3.63) is 118 Å². The first-order valence-electron chi connectivity index (χ1n) is 32.2. The van der Waals surface area contributed by atoms with Gasteiger partial charge in [0, 0.05) is 61.6 Å². The lowest BCUT2D eigenvalue weighted by molar-refractivity contribution is -0.221. The molecule has 0 amide bonds. The van der Waals surface area contributed by atoms with E-state index in [-0.39, 0.29) is 83.7 Å². The zero-order valence-corrected chi connectivity index (χ0v) is 50.7. The highest BCUT2D eigenvalue weighted by atomic mass is 16.6. The van der Waals surface area contributed by atoms with Crippen molar-refractivity contribution >= 4 is 11.9 Å². The number of likely N-dealkylation sites (tertiary alicyclic amines) is 2. The first-order chi connectivity index (χ1) is 40.4. The number of esters is 2. The lowest BCUT2D eigenvalue weighted by Crippen LogP contribution is -2.79. The Balaban J connectivity index is 0.000000157. The monoisotopic (exact) mass is 1150 g/mol. The van der Waals surface area contributed by atoms with E-state index in [1.54, 1.807) is 12.1 Å². The van der Waals surface area contributed by atoms with E-state index < -0.39 is 22.4 Å². The van der Waals surface area contributed by atoms with Crippen LogP contribution < -0.4 is 20.1 Å². The summed E-state index contributed by atoms with van der Waals surface area (Å²) in [5.41, 5.74) is 4.96. The second kappa shape index (κ2) is 22.5. The van der Waals surface area contributed by atoms with Gasteiger partial charge in [0.2, 0.25) is 0 Å². The van der Waals surface area contributed by atoms with Crippen molar-refractivity contribution in [1.29, 1.82) is 0 Å². The lowest BCUT2D eigenvalue weighted by atomic mass is 9.48. The zero-order valence-electron chi connectivity index (χ0n) is 50.7. The van der Waals surface area contributed by atoms with Gasteiger partial charge in [0.25, 0.3) is 0 Å². The van der Waals surface area contributed by atoms with Crippen LogP contribution in [0.25, 0.3) is 0 Å². The number of nitrogens with zero attached hydrogens (tertiary/aromatic N) is 2. The number of phenolic OH excluding ortho intramolecular Hbond substituents is 2. The second-order valence-corrected chi connectivity index (χ2v) is 28.6. The molecule has 452 valence electrons. The molecule has 4 heterocycles. The predicted molar refractivity (Wildman–Crippen MR) is 322 cm³/mol. The number of aryl methyl sites for hydroxylation is 2. The van der Waals surface area contributed by atoms with Crippen molar-refractivity contribution in [3.8, 4) is 23.0 Å². The van der Waals surface area contributed by atoms with Crippen molar-refractivity contribution in [2.75, 3.05) is 52.5 Å². The van der Waals surface area contributed by atoms with Gasteiger partial charge in [-0.3, -0.25) is 19.4 Å². The summed E-state index contributed by atoms with van der Waals surface area (Å²) in [6.07, 6.45) is 15.9. The van der Waals surface area contributed by atoms with Crippen LogP contribution in [0, 0.1) is 11.8 Å². The largest absolute Gasteiger partial charge is 0.504 e. The molecule has 6 fully saturated rings. The van der Waals surface area contributed by atoms with E-state index in [1.165, 1.54) is 59.1 Å². The van der Waals surface area contributed by atoms with Gasteiger partial charge in [-0.15, -0.1) is 0 Å². The molecule has 2 saturated heterocycles. The molecule has 10 aliphatic rings. The Morgan fingerprint density at radius 1 is 0.560 bits per heavy atom. The number of nitrogens with one attached hydrogen (secondary N) is 2. The van der Waals surface area contributed by atoms with Crippen LogP contribution >= 0.6 is 0 Å². The van der Waals surface area contributed by atoms with Gasteiger partial charge in [-0.1, -0.05) is 72.8 Å². The summed E-state index contributed by atoms with van der Waals surface area (Å²) in [6.45, 7) is 17.3. The molecule has 10 atom stereocenters. The third kappa shape index (κ3) is 10.5. The molecule has 4 saturated carbocycles. The number of carbonyl (C=O) groups is 2. The Bertz CT molecular complexity index is 2840. The van der Waals surface area contributed by atoms with Gasteiger partial charge in [0.05, 0.1) is 35.1 Å². The number of benzene rings is 4. The van der Waals surface area contributed by atoms with Gasteiger partial charge in [0.1, 0.15) is 23.4 Å². The Morgan fingerprint density at radius 3 is 1.35 bits per heavy atom. The Labute approximate surface area is 498 Å². The first kappa shape index (κ1) is 57.8. The molecule has 2 spiro atoms. The first-order valence-corrected chi connectivity index (χ1v) is 32.2. The van der Waals surface area contributed by atoms with E-state index >= 15 is 0 Å². The van der Waals surface area contributed by atoms with Gasteiger partial charge in [-0.05, 0) is 204 Å². The van der Waals surface area contributed by atoms with Gasteiger partial charge in [-0.2, -0.15) is 0 Å². The quantitative estimate of drug-likeness (QED) is 0.0489. The Hall–Kier alpha value is -5.22. The number of hydrogen-bond donors (Lipinski definition) is 4. The number of rotatable bonds is 20. The minimum Gasteiger partial charge on any atom is -0.504 e. The molecule has 4 N–H and O–H groups in total. The number of piperidine rings is 2. The molecule has 14 rings (SSSR count). The second-order valence-electron chi connectivity index (χ2n) is 28.6. The minimum atomic E-state index is -0.529. The van der Waals surface area contributed by atoms with E-state index in [1.807, 2.05) is 41.5 Å². The van der Waals surface area contributed by atoms with Crippen LogP contribution in [0.2, 0.25) is 0 Å². The molecular formula is C70H92N4O10. The maximum absolute atomic E-state index is 12.7. The average molecular weight is 1150 g/mol. The number of ether oxygens (including phenoxy) is 6. The molecule has 2 unspecified atom stereocenters. The molecule has 84 heavy (non-hydrogen) atoms. The smallest absolute Gasteiger partial charge is 0.320 e. The summed E-state index contributed by atoms with van der Waals surface area (Å²) in [6, 6.07) is 29.6. The van der Waals surface area contributed by atoms with Crippen LogP contribution in [-0.4, -0.2) is 143 Å². The summed E-state index contributed by atoms with van der Waals surface area (Å²) in [5, 5.41) is 29.2. The van der Waals surface area contributed by atoms with Crippen LogP contribution in [0.5, 0.6) is 23.0 Å². The molecular weight excluding hydrogens is 1060 g/mol. The topological polar surface area (TPSA) is 161 Å². The maximum Gasteiger partial charge on any atom is 0.320 e. The van der Waals surface area contributed by atoms with E-state index in [0.717, 1.165) is 115 Å². The SMILES string of the molecule is CC(C)(C)OC(=O)CN[C@@H]1CC[C@@]2(OCCCc3ccccc3)C3Cc4ccc(O)c5c4[C@@]2(CCN3CC2CC2)[C@H]1O5.CC(C)(C)OC(=O)CN[C@H]1CC[C@@]2(OCCCc3ccccc3)C3Cc4ccc(O)c5c4[C@@]2(CCN3CC2CC2)[C@H]1O5. The zero-order chi connectivity index (χ0) is 58.2. The van der Waals surface area contributed by atoms with E-state index in [4.69, 9.17) is 28.4 Å². The summed E-state index contributed by atoms with van der Waals surface area (Å²) >= 11 is 0. The number of aromatic hydroxyl groups is 2. The third-order valence-electron chi connectivity index (χ3n) is 20.9. The van der Waals surface area contributed by atoms with Crippen LogP contribution in [0.4, 0.5) is 0 Å². The predicted octanol–water partition coefficient (Wildman–Crippen LogP) is 9.83. The van der Waals surface area contributed by atoms with Crippen molar-refractivity contribution in [3.63, 3.8) is 0 Å². The van der Waals surface area contributed by atoms with Crippen LogP contribution in [0.1, 0.15) is 152 Å². The Kier molecular flexibility index (Phi) is 15.5. The fourth-order valence-corrected chi connectivity index (χ4v) is 17.4. The molecule has 4 aromatic carbocycles. The van der Waals surface area contributed by atoms with Gasteiger partial charge >= 0.3 is 11.9 Å². The highest BCUT2D eigenvalue weighted by molar-refractivity contribution is 5.73. The van der Waals surface area contributed by atoms with Crippen molar-refractivity contribution in [2.24, 2.45) is 11.8 Å². The fraction of sp³-hybridized carbons (Fsp3) is 0.629. The molecule has 4 aromatic rings. The molecule has 14 nitrogen and oxygen atoms in total. The number of phenols is 2. The van der Waals surface area contributed by atoms with Crippen LogP contribution in [-0.2, 0) is 65.0 Å². The minimum absolute atomic E-state index is 0.0491. The van der Waals surface area contributed by atoms with Crippen molar-refractivity contribution < 1.29 is 48.2 Å². The highest BCUT2D eigenvalue weighted by Crippen LogP contribution is 2.69. The molecule has 6 aliphatic carbocycles. The summed E-state index contributed by atoms with van der Waals surface area (Å²) in [5.74, 6) is 2.77. The molecule has 14 heteroatoms. The van der Waals surface area contributed by atoms with Crippen molar-refractivity contribution in [2.45, 2.75) is 214 Å². The number of carbonyl (C=O) groups excluding carboxylic acids is 2. The molecule has 0 aromatic heterocycles. The maximum atomic E-state index is 12.7. The average Bonchev–Trinajstić information content (AvgIpc) is 1.38. The Morgan fingerprint density at radius 2 is 0.964 bits per heavy atom. The van der Waals surface area contributed by atoms with E-state index in [2.05, 4.69) is 93.2 Å². The van der Waals surface area contributed by atoms with E-state index in [9.17, 15) is 19.8 Å². The number of hydrogen-bond acceptors (Lipinski definition) is 14. The third-order valence-corrected chi connectivity index (χ3v) is 20.9.